The third-order valence-corrected chi connectivity index (χ3v) is 4.22. The Morgan fingerprint density at radius 2 is 2.08 bits per heavy atom. The zero-order chi connectivity index (χ0) is 18.2. The average molecular weight is 364 g/mol. The Morgan fingerprint density at radius 3 is 2.54 bits per heavy atom. The molecule has 24 heavy (non-hydrogen) atoms. The minimum absolute atomic E-state index is 0.0961. The number of carbonyl (C=O) groups excluding carboxylic acids is 1. The van der Waals surface area contributed by atoms with Crippen molar-refractivity contribution >= 4 is 17.5 Å². The van der Waals surface area contributed by atoms with Gasteiger partial charge < -0.3 is 4.90 Å². The van der Waals surface area contributed by atoms with Crippen molar-refractivity contribution < 1.29 is 18.0 Å². The smallest absolute Gasteiger partial charge is 0.338 e. The molecule has 2 rings (SSSR count). The van der Waals surface area contributed by atoms with E-state index in [1.54, 1.807) is 31.0 Å². The van der Waals surface area contributed by atoms with Gasteiger partial charge in [-0.1, -0.05) is 11.6 Å². The highest BCUT2D eigenvalue weighted by atomic mass is 35.5. The number of aryl methyl sites for hydroxylation is 1. The normalized spacial score (nSPS) is 13.2. The fourth-order valence-corrected chi connectivity index (χ4v) is 2.59. The summed E-state index contributed by atoms with van der Waals surface area (Å²) in [6.45, 7) is 3.16. The predicted octanol–water partition coefficient (Wildman–Crippen LogP) is 2.82. The molecule has 0 N–H and O–H groups in total. The Bertz CT molecular complexity index is 752. The van der Waals surface area contributed by atoms with Gasteiger partial charge in [-0.05, 0) is 19.9 Å². The van der Waals surface area contributed by atoms with Gasteiger partial charge in [-0.25, -0.2) is 0 Å². The van der Waals surface area contributed by atoms with Crippen molar-refractivity contribution in [2.75, 3.05) is 7.05 Å². The van der Waals surface area contributed by atoms with Crippen LogP contribution in [0.3, 0.4) is 0 Å². The minimum atomic E-state index is -4.67. The van der Waals surface area contributed by atoms with E-state index < -0.39 is 22.9 Å². The van der Waals surface area contributed by atoms with Crippen molar-refractivity contribution in [3.63, 3.8) is 0 Å². The van der Waals surface area contributed by atoms with Crippen LogP contribution in [0.15, 0.2) is 12.3 Å². The highest BCUT2D eigenvalue weighted by Gasteiger charge is 2.39. The third-order valence-electron chi connectivity index (χ3n) is 3.77. The molecule has 2 aromatic rings. The Hall–Kier alpha value is -2.03. The quantitative estimate of drug-likeness (QED) is 0.839. The van der Waals surface area contributed by atoms with Gasteiger partial charge in [0.05, 0.1) is 23.0 Å². The van der Waals surface area contributed by atoms with E-state index in [-0.39, 0.29) is 18.1 Å². The number of hydrogen-bond donors (Lipinski definition) is 0. The SMILES string of the molecule is Cc1c(Cl)c(C(F)(F)F)nn1[C@H](C)C(=O)N(C)Cc1ccnn1C. The third kappa shape index (κ3) is 3.40. The van der Waals surface area contributed by atoms with E-state index in [9.17, 15) is 18.0 Å². The summed E-state index contributed by atoms with van der Waals surface area (Å²) in [4.78, 5) is 13.9. The molecule has 0 saturated heterocycles. The van der Waals surface area contributed by atoms with Gasteiger partial charge in [-0.2, -0.15) is 23.4 Å². The monoisotopic (exact) mass is 363 g/mol. The van der Waals surface area contributed by atoms with Crippen molar-refractivity contribution in [2.45, 2.75) is 32.6 Å². The van der Waals surface area contributed by atoms with E-state index in [1.165, 1.54) is 18.7 Å². The minimum Gasteiger partial charge on any atom is -0.338 e. The van der Waals surface area contributed by atoms with Gasteiger partial charge in [0.2, 0.25) is 5.91 Å². The van der Waals surface area contributed by atoms with Crippen LogP contribution >= 0.6 is 11.6 Å². The van der Waals surface area contributed by atoms with E-state index in [2.05, 4.69) is 10.2 Å². The van der Waals surface area contributed by atoms with Crippen LogP contribution in [0.25, 0.3) is 0 Å². The summed E-state index contributed by atoms with van der Waals surface area (Å²) < 4.78 is 41.3. The summed E-state index contributed by atoms with van der Waals surface area (Å²) in [6, 6.07) is 0.837. The molecule has 0 aliphatic carbocycles. The van der Waals surface area contributed by atoms with Gasteiger partial charge in [0.1, 0.15) is 6.04 Å². The molecule has 1 atom stereocenters. The van der Waals surface area contributed by atoms with Gasteiger partial charge >= 0.3 is 6.18 Å². The molecular weight excluding hydrogens is 347 g/mol. The second kappa shape index (κ2) is 6.46. The molecule has 0 aliphatic rings. The van der Waals surface area contributed by atoms with E-state index in [1.807, 2.05) is 0 Å². The fourth-order valence-electron chi connectivity index (χ4n) is 2.36. The van der Waals surface area contributed by atoms with Crippen LogP contribution in [0.2, 0.25) is 5.02 Å². The van der Waals surface area contributed by atoms with E-state index >= 15 is 0 Å². The van der Waals surface area contributed by atoms with Gasteiger partial charge in [0, 0.05) is 20.3 Å². The van der Waals surface area contributed by atoms with Crippen molar-refractivity contribution in [3.8, 4) is 0 Å². The van der Waals surface area contributed by atoms with E-state index in [4.69, 9.17) is 11.6 Å². The number of alkyl halides is 3. The first kappa shape index (κ1) is 18.3. The molecular formula is C14H17ClF3N5O. The number of amides is 1. The molecule has 1 amide bonds. The topological polar surface area (TPSA) is 56.0 Å². The Labute approximate surface area is 141 Å². The van der Waals surface area contributed by atoms with Crippen LogP contribution in [0, 0.1) is 6.92 Å². The van der Waals surface area contributed by atoms with Crippen LogP contribution in [0.1, 0.15) is 30.0 Å². The second-order valence-electron chi connectivity index (χ2n) is 5.51. The standard InChI is InChI=1S/C14H17ClF3N5O/c1-8-11(15)12(14(16,17)18)20-23(8)9(2)13(24)21(3)7-10-5-6-19-22(10)4/h5-6,9H,7H2,1-4H3/t9-/m1/s1. The van der Waals surface area contributed by atoms with Crippen molar-refractivity contribution in [3.05, 3.63) is 34.4 Å². The maximum atomic E-state index is 12.9. The summed E-state index contributed by atoms with van der Waals surface area (Å²) >= 11 is 5.72. The fraction of sp³-hybridized carbons (Fsp3) is 0.500. The number of halogens is 4. The highest BCUT2D eigenvalue weighted by Crippen LogP contribution is 2.36. The molecule has 0 bridgehead atoms. The Balaban J connectivity index is 2.23. The number of rotatable bonds is 4. The maximum Gasteiger partial charge on any atom is 0.436 e. The number of aromatic nitrogens is 4. The summed E-state index contributed by atoms with van der Waals surface area (Å²) in [5.74, 6) is -0.382. The van der Waals surface area contributed by atoms with Crippen LogP contribution in [-0.4, -0.2) is 37.4 Å². The van der Waals surface area contributed by atoms with Gasteiger partial charge in [-0.15, -0.1) is 0 Å². The molecule has 132 valence electrons. The lowest BCUT2D eigenvalue weighted by atomic mass is 10.2. The zero-order valence-electron chi connectivity index (χ0n) is 13.6. The number of hydrogen-bond acceptors (Lipinski definition) is 3. The molecule has 2 aromatic heterocycles. The van der Waals surface area contributed by atoms with Gasteiger partial charge in [-0.3, -0.25) is 14.2 Å². The van der Waals surface area contributed by atoms with Crippen LogP contribution in [0.5, 0.6) is 0 Å². The molecule has 10 heteroatoms. The number of carbonyl (C=O) groups is 1. The first-order valence-corrected chi connectivity index (χ1v) is 7.45. The summed E-state index contributed by atoms with van der Waals surface area (Å²) in [5.41, 5.74) is -0.293. The number of likely N-dealkylation sites (N-methyl/N-ethyl adjacent to an activating group) is 1. The largest absolute Gasteiger partial charge is 0.436 e. The van der Waals surface area contributed by atoms with Crippen molar-refractivity contribution in [2.24, 2.45) is 7.05 Å². The summed E-state index contributed by atoms with van der Waals surface area (Å²) in [7, 11) is 3.31. The predicted molar refractivity (Wildman–Crippen MR) is 81.4 cm³/mol. The van der Waals surface area contributed by atoms with Crippen LogP contribution in [0.4, 0.5) is 13.2 Å². The first-order valence-electron chi connectivity index (χ1n) is 7.07. The summed E-state index contributed by atoms with van der Waals surface area (Å²) in [5, 5.41) is 7.01. The van der Waals surface area contributed by atoms with Gasteiger partial charge in [0.25, 0.3) is 0 Å². The molecule has 2 heterocycles. The molecule has 0 aromatic carbocycles. The highest BCUT2D eigenvalue weighted by molar-refractivity contribution is 6.32. The molecule has 0 spiro atoms. The second-order valence-corrected chi connectivity index (χ2v) is 5.88. The molecule has 0 saturated carbocycles. The van der Waals surface area contributed by atoms with E-state index in [0.717, 1.165) is 10.4 Å². The molecule has 0 unspecified atom stereocenters. The lowest BCUT2D eigenvalue weighted by Crippen LogP contribution is -2.34. The molecule has 0 fully saturated rings. The lowest BCUT2D eigenvalue weighted by Gasteiger charge is -2.22. The molecule has 0 aliphatic heterocycles. The average Bonchev–Trinajstić information content (AvgIpc) is 3.02. The number of nitrogens with zero attached hydrogens (tertiary/aromatic N) is 5. The van der Waals surface area contributed by atoms with Crippen molar-refractivity contribution in [1.29, 1.82) is 0 Å². The zero-order valence-corrected chi connectivity index (χ0v) is 14.4. The lowest BCUT2D eigenvalue weighted by molar-refractivity contribution is -0.142. The van der Waals surface area contributed by atoms with Crippen LogP contribution in [-0.2, 0) is 24.6 Å². The Kier molecular flexibility index (Phi) is 4.93. The van der Waals surface area contributed by atoms with E-state index in [0.29, 0.717) is 0 Å². The molecule has 0 radical (unpaired) electrons. The van der Waals surface area contributed by atoms with Crippen LogP contribution < -0.4 is 0 Å². The first-order chi connectivity index (χ1) is 11.0. The van der Waals surface area contributed by atoms with Gasteiger partial charge in [0.15, 0.2) is 5.69 Å². The molecule has 6 nitrogen and oxygen atoms in total. The summed E-state index contributed by atoms with van der Waals surface area (Å²) in [6.07, 6.45) is -3.07. The maximum absolute atomic E-state index is 12.9. The van der Waals surface area contributed by atoms with Crippen molar-refractivity contribution in [1.82, 2.24) is 24.5 Å². The Morgan fingerprint density at radius 1 is 1.46 bits per heavy atom.